The SMILES string of the molecule is CN(C(=O)OC(C)(C)C)[C@@H](CC(C)(C)F)C(=O)O[C@H](Cc1ccc(N2CCOCC2)cc1)C(=O)O. The number of hydrogen-bond donors (Lipinski definition) is 1. The van der Waals surface area contributed by atoms with Crippen molar-refractivity contribution in [3.8, 4) is 0 Å². The molecule has 2 atom stereocenters. The van der Waals surface area contributed by atoms with Crippen LogP contribution in [0.2, 0.25) is 0 Å². The first kappa shape index (κ1) is 28.4. The smallest absolute Gasteiger partial charge is 0.410 e. The fourth-order valence-electron chi connectivity index (χ4n) is 3.58. The number of rotatable bonds is 9. The minimum absolute atomic E-state index is 0.0770. The van der Waals surface area contributed by atoms with Gasteiger partial charge in [-0.1, -0.05) is 12.1 Å². The Hall–Kier alpha value is -2.88. The van der Waals surface area contributed by atoms with E-state index >= 15 is 0 Å². The molecule has 1 aliphatic heterocycles. The predicted octanol–water partition coefficient (Wildman–Crippen LogP) is 3.44. The van der Waals surface area contributed by atoms with Crippen LogP contribution in [-0.4, -0.2) is 84.8 Å². The fraction of sp³-hybridized carbons (Fsp3) is 0.640. The van der Waals surface area contributed by atoms with Crippen LogP contribution in [0.15, 0.2) is 24.3 Å². The van der Waals surface area contributed by atoms with Crippen molar-refractivity contribution in [2.24, 2.45) is 0 Å². The summed E-state index contributed by atoms with van der Waals surface area (Å²) in [4.78, 5) is 40.5. The molecule has 1 aliphatic rings. The number of morpholine rings is 1. The minimum Gasteiger partial charge on any atom is -0.478 e. The first-order chi connectivity index (χ1) is 16.2. The molecule has 35 heavy (non-hydrogen) atoms. The van der Waals surface area contributed by atoms with Crippen molar-refractivity contribution in [3.05, 3.63) is 29.8 Å². The summed E-state index contributed by atoms with van der Waals surface area (Å²) in [6.45, 7) is 10.4. The van der Waals surface area contributed by atoms with Gasteiger partial charge in [0.1, 0.15) is 17.3 Å². The van der Waals surface area contributed by atoms with Gasteiger partial charge in [0, 0.05) is 38.7 Å². The molecule has 1 N–H and O–H groups in total. The first-order valence-electron chi connectivity index (χ1n) is 11.7. The molecule has 0 spiro atoms. The molecule has 9 nitrogen and oxygen atoms in total. The first-order valence-corrected chi connectivity index (χ1v) is 11.7. The Balaban J connectivity index is 2.13. The summed E-state index contributed by atoms with van der Waals surface area (Å²) < 4.78 is 30.4. The molecule has 1 aromatic rings. The summed E-state index contributed by atoms with van der Waals surface area (Å²) in [6.07, 6.45) is -2.81. The van der Waals surface area contributed by atoms with E-state index in [9.17, 15) is 23.9 Å². The van der Waals surface area contributed by atoms with Crippen LogP contribution in [0, 0.1) is 0 Å². The van der Waals surface area contributed by atoms with Crippen molar-refractivity contribution in [2.75, 3.05) is 38.3 Å². The lowest BCUT2D eigenvalue weighted by atomic mass is 10.00. The fourth-order valence-corrected chi connectivity index (χ4v) is 3.58. The van der Waals surface area contributed by atoms with Gasteiger partial charge in [0.25, 0.3) is 0 Å². The molecule has 0 saturated carbocycles. The van der Waals surface area contributed by atoms with E-state index in [1.165, 1.54) is 20.9 Å². The van der Waals surface area contributed by atoms with Gasteiger partial charge >= 0.3 is 18.0 Å². The largest absolute Gasteiger partial charge is 0.478 e. The summed E-state index contributed by atoms with van der Waals surface area (Å²) in [6, 6.07) is 5.96. The van der Waals surface area contributed by atoms with E-state index in [1.807, 2.05) is 12.1 Å². The van der Waals surface area contributed by atoms with Gasteiger partial charge in [0.2, 0.25) is 6.10 Å². The molecule has 1 aromatic carbocycles. The molecule has 1 fully saturated rings. The number of hydrogen-bond acceptors (Lipinski definition) is 7. The Morgan fingerprint density at radius 3 is 2.17 bits per heavy atom. The molecule has 1 amide bonds. The van der Waals surface area contributed by atoms with Crippen LogP contribution in [0.3, 0.4) is 0 Å². The highest BCUT2D eigenvalue weighted by Crippen LogP contribution is 2.23. The molecule has 1 saturated heterocycles. The van der Waals surface area contributed by atoms with Gasteiger partial charge in [-0.2, -0.15) is 0 Å². The third-order valence-electron chi connectivity index (χ3n) is 5.37. The number of aliphatic carboxylic acids is 1. The van der Waals surface area contributed by atoms with E-state index in [0.29, 0.717) is 18.8 Å². The van der Waals surface area contributed by atoms with Gasteiger partial charge in [-0.15, -0.1) is 0 Å². The van der Waals surface area contributed by atoms with E-state index in [1.54, 1.807) is 32.9 Å². The molecular weight excluding hydrogens is 459 g/mol. The Bertz CT molecular complexity index is 871. The molecule has 0 unspecified atom stereocenters. The molecular formula is C25H37FN2O7. The predicted molar refractivity (Wildman–Crippen MR) is 128 cm³/mol. The van der Waals surface area contributed by atoms with E-state index in [2.05, 4.69) is 4.90 Å². The summed E-state index contributed by atoms with van der Waals surface area (Å²) >= 11 is 0. The van der Waals surface area contributed by atoms with Crippen molar-refractivity contribution in [1.29, 1.82) is 0 Å². The van der Waals surface area contributed by atoms with Crippen molar-refractivity contribution in [1.82, 2.24) is 4.90 Å². The average Bonchev–Trinajstić information content (AvgIpc) is 2.75. The van der Waals surface area contributed by atoms with Crippen molar-refractivity contribution >= 4 is 23.7 Å². The van der Waals surface area contributed by atoms with Crippen molar-refractivity contribution < 1.29 is 38.1 Å². The Morgan fingerprint density at radius 2 is 1.69 bits per heavy atom. The second-order valence-corrected chi connectivity index (χ2v) is 10.3. The number of anilines is 1. The maximum atomic E-state index is 14.5. The summed E-state index contributed by atoms with van der Waals surface area (Å²) in [5, 5.41) is 9.68. The van der Waals surface area contributed by atoms with E-state index < -0.39 is 41.4 Å². The molecule has 10 heteroatoms. The molecule has 196 valence electrons. The van der Waals surface area contributed by atoms with Crippen molar-refractivity contribution in [2.45, 2.75) is 70.9 Å². The lowest BCUT2D eigenvalue weighted by molar-refractivity contribution is -0.168. The number of amides is 1. The summed E-state index contributed by atoms with van der Waals surface area (Å²) in [7, 11) is 1.30. The molecule has 0 bridgehead atoms. The molecule has 0 aromatic heterocycles. The summed E-state index contributed by atoms with van der Waals surface area (Å²) in [5.74, 6) is -2.35. The highest BCUT2D eigenvalue weighted by molar-refractivity contribution is 5.84. The van der Waals surface area contributed by atoms with Gasteiger partial charge in [-0.25, -0.2) is 18.8 Å². The monoisotopic (exact) mass is 496 g/mol. The van der Waals surface area contributed by atoms with Gasteiger partial charge in [0.05, 0.1) is 13.2 Å². The van der Waals surface area contributed by atoms with Crippen LogP contribution in [0.25, 0.3) is 0 Å². The second kappa shape index (κ2) is 11.7. The van der Waals surface area contributed by atoms with Crippen LogP contribution >= 0.6 is 0 Å². The number of esters is 1. The topological polar surface area (TPSA) is 106 Å². The normalized spacial score (nSPS) is 16.3. The number of carboxylic acids is 1. The zero-order valence-electron chi connectivity index (χ0n) is 21.4. The quantitative estimate of drug-likeness (QED) is 0.519. The zero-order valence-corrected chi connectivity index (χ0v) is 21.4. The lowest BCUT2D eigenvalue weighted by Crippen LogP contribution is -2.49. The number of ether oxygens (including phenoxy) is 3. The number of carbonyl (C=O) groups excluding carboxylic acids is 2. The number of carbonyl (C=O) groups is 3. The molecule has 0 aliphatic carbocycles. The molecule has 0 radical (unpaired) electrons. The minimum atomic E-state index is -1.83. The number of nitrogens with zero attached hydrogens (tertiary/aromatic N) is 2. The number of alkyl halides is 1. The number of benzene rings is 1. The Kier molecular flexibility index (Phi) is 9.48. The van der Waals surface area contributed by atoms with Crippen molar-refractivity contribution in [3.63, 3.8) is 0 Å². The molecule has 2 rings (SSSR count). The van der Waals surface area contributed by atoms with Gasteiger partial charge < -0.3 is 24.2 Å². The maximum absolute atomic E-state index is 14.5. The number of carboxylic acid groups (broad SMARTS) is 1. The highest BCUT2D eigenvalue weighted by Gasteiger charge is 2.38. The lowest BCUT2D eigenvalue weighted by Gasteiger charge is -2.32. The van der Waals surface area contributed by atoms with Gasteiger partial charge in [-0.3, -0.25) is 4.90 Å². The molecule has 1 heterocycles. The van der Waals surface area contributed by atoms with Crippen LogP contribution in [0.4, 0.5) is 14.9 Å². The zero-order chi connectivity index (χ0) is 26.4. The Labute approximate surface area is 206 Å². The Morgan fingerprint density at radius 1 is 1.11 bits per heavy atom. The van der Waals surface area contributed by atoms with Crippen LogP contribution in [-0.2, 0) is 30.2 Å². The van der Waals surface area contributed by atoms with E-state index in [0.717, 1.165) is 23.7 Å². The third-order valence-corrected chi connectivity index (χ3v) is 5.37. The number of likely N-dealkylation sites (N-methyl/N-ethyl adjacent to an activating group) is 1. The summed E-state index contributed by atoms with van der Waals surface area (Å²) in [5.41, 5.74) is -1.01. The van der Waals surface area contributed by atoms with Crippen LogP contribution in [0.5, 0.6) is 0 Å². The van der Waals surface area contributed by atoms with Crippen LogP contribution in [0.1, 0.15) is 46.6 Å². The van der Waals surface area contributed by atoms with Gasteiger partial charge in [-0.05, 0) is 52.3 Å². The van der Waals surface area contributed by atoms with E-state index in [-0.39, 0.29) is 12.8 Å². The van der Waals surface area contributed by atoms with Crippen LogP contribution < -0.4 is 4.90 Å². The third kappa shape index (κ3) is 9.35. The number of halogens is 1. The highest BCUT2D eigenvalue weighted by atomic mass is 19.1. The second-order valence-electron chi connectivity index (χ2n) is 10.3. The van der Waals surface area contributed by atoms with E-state index in [4.69, 9.17) is 14.2 Å². The maximum Gasteiger partial charge on any atom is 0.410 e. The van der Waals surface area contributed by atoms with Gasteiger partial charge in [0.15, 0.2) is 0 Å². The standard InChI is InChI=1S/C25H37FN2O7/c1-24(2,3)35-23(32)27(6)19(16-25(4,5)26)22(31)34-20(21(29)30)15-17-7-9-18(10-8-17)28-11-13-33-14-12-28/h7-10,19-20H,11-16H2,1-6H3,(H,29,30)/t19-,20+/m0/s1. The average molecular weight is 497 g/mol.